The molecule has 15 heavy (non-hydrogen) atoms. The number of nitrogens with zero attached hydrogens (tertiary/aromatic N) is 2. The fourth-order valence-electron chi connectivity index (χ4n) is 1.02. The molecule has 0 unspecified atom stereocenters. The Morgan fingerprint density at radius 1 is 1.67 bits per heavy atom. The highest BCUT2D eigenvalue weighted by molar-refractivity contribution is 7.89. The average molecular weight is 229 g/mol. The topological polar surface area (TPSA) is 64.0 Å². The molecule has 0 aromatic carbocycles. The second-order valence-electron chi connectivity index (χ2n) is 3.02. The first-order valence-electron chi connectivity index (χ1n) is 4.72. The Bertz CT molecular complexity index is 422. The smallest absolute Gasteiger partial charge is 0.259 e. The van der Waals surface area contributed by atoms with Gasteiger partial charge in [0, 0.05) is 19.3 Å². The zero-order valence-corrected chi connectivity index (χ0v) is 9.50. The molecule has 0 saturated carbocycles. The Balaban J connectivity index is 2.72. The van der Waals surface area contributed by atoms with Gasteiger partial charge in [0.1, 0.15) is 0 Å². The summed E-state index contributed by atoms with van der Waals surface area (Å²) < 4.78 is 27.4. The van der Waals surface area contributed by atoms with Crippen molar-refractivity contribution < 1.29 is 8.42 Å². The third-order valence-corrected chi connectivity index (χ3v) is 3.24. The monoisotopic (exact) mass is 229 g/mol. The highest BCUT2D eigenvalue weighted by Gasteiger charge is 2.15. The van der Waals surface area contributed by atoms with Crippen LogP contribution in [-0.2, 0) is 16.6 Å². The minimum Gasteiger partial charge on any atom is -0.336 e. The number of hydrogen-bond acceptors (Lipinski definition) is 3. The molecule has 0 bridgehead atoms. The molecule has 0 aliphatic heterocycles. The summed E-state index contributed by atoms with van der Waals surface area (Å²) >= 11 is 0. The minimum atomic E-state index is -3.45. The van der Waals surface area contributed by atoms with Gasteiger partial charge in [0.2, 0.25) is 0 Å². The normalized spacial score (nSPS) is 11.5. The van der Waals surface area contributed by atoms with Crippen LogP contribution in [0.1, 0.15) is 13.3 Å². The van der Waals surface area contributed by atoms with Gasteiger partial charge in [-0.1, -0.05) is 6.08 Å². The fourth-order valence-corrected chi connectivity index (χ4v) is 2.02. The maximum absolute atomic E-state index is 11.6. The maximum atomic E-state index is 11.6. The van der Waals surface area contributed by atoms with Crippen LogP contribution in [0.2, 0.25) is 0 Å². The highest BCUT2D eigenvalue weighted by Crippen LogP contribution is 2.04. The Morgan fingerprint density at radius 2 is 2.40 bits per heavy atom. The first kappa shape index (κ1) is 11.9. The molecule has 1 rings (SSSR count). The molecule has 0 aliphatic rings. The molecule has 5 nitrogen and oxygen atoms in total. The van der Waals surface area contributed by atoms with Crippen molar-refractivity contribution in [3.8, 4) is 0 Å². The summed E-state index contributed by atoms with van der Waals surface area (Å²) in [6, 6.07) is 0. The van der Waals surface area contributed by atoms with E-state index in [0.717, 1.165) is 0 Å². The van der Waals surface area contributed by atoms with Crippen molar-refractivity contribution in [2.45, 2.75) is 24.9 Å². The SMILES string of the molecule is C=CCCNS(=O)(=O)c1cn(CC)cn1. The van der Waals surface area contributed by atoms with E-state index < -0.39 is 10.0 Å². The van der Waals surface area contributed by atoms with Crippen LogP contribution in [0.25, 0.3) is 0 Å². The second kappa shape index (κ2) is 5.09. The van der Waals surface area contributed by atoms with E-state index in [1.165, 1.54) is 12.5 Å². The number of sulfonamides is 1. The summed E-state index contributed by atoms with van der Waals surface area (Å²) in [5, 5.41) is 0.0633. The molecular weight excluding hydrogens is 214 g/mol. The van der Waals surface area contributed by atoms with Crippen molar-refractivity contribution in [2.75, 3.05) is 6.54 Å². The van der Waals surface area contributed by atoms with Crippen LogP contribution < -0.4 is 4.72 Å². The quantitative estimate of drug-likeness (QED) is 0.578. The van der Waals surface area contributed by atoms with Gasteiger partial charge in [-0.3, -0.25) is 0 Å². The third-order valence-electron chi connectivity index (χ3n) is 1.89. The van der Waals surface area contributed by atoms with Crippen LogP contribution in [0.5, 0.6) is 0 Å². The Kier molecular flexibility index (Phi) is 4.05. The van der Waals surface area contributed by atoms with Crippen molar-refractivity contribution in [1.82, 2.24) is 14.3 Å². The lowest BCUT2D eigenvalue weighted by Crippen LogP contribution is -2.24. The predicted molar refractivity (Wildman–Crippen MR) is 57.9 cm³/mol. The summed E-state index contributed by atoms with van der Waals surface area (Å²) in [4.78, 5) is 3.82. The van der Waals surface area contributed by atoms with Gasteiger partial charge >= 0.3 is 0 Å². The molecule has 6 heteroatoms. The first-order chi connectivity index (χ1) is 7.10. The van der Waals surface area contributed by atoms with Gasteiger partial charge in [-0.2, -0.15) is 0 Å². The van der Waals surface area contributed by atoms with E-state index in [1.54, 1.807) is 10.6 Å². The van der Waals surface area contributed by atoms with Crippen molar-refractivity contribution in [2.24, 2.45) is 0 Å². The van der Waals surface area contributed by atoms with E-state index >= 15 is 0 Å². The highest BCUT2D eigenvalue weighted by atomic mass is 32.2. The molecular formula is C9H15N3O2S. The van der Waals surface area contributed by atoms with Crippen molar-refractivity contribution in [1.29, 1.82) is 0 Å². The number of nitrogens with one attached hydrogen (secondary N) is 1. The van der Waals surface area contributed by atoms with E-state index in [-0.39, 0.29) is 5.03 Å². The van der Waals surface area contributed by atoms with Gasteiger partial charge in [-0.05, 0) is 13.3 Å². The lowest BCUT2D eigenvalue weighted by molar-refractivity contribution is 0.578. The maximum Gasteiger partial charge on any atom is 0.259 e. The molecule has 0 saturated heterocycles. The Labute approximate surface area is 89.9 Å². The average Bonchev–Trinajstić information content (AvgIpc) is 2.66. The summed E-state index contributed by atoms with van der Waals surface area (Å²) in [5.41, 5.74) is 0. The van der Waals surface area contributed by atoms with E-state index in [0.29, 0.717) is 19.5 Å². The standard InChI is InChI=1S/C9H15N3O2S/c1-3-5-6-11-15(13,14)9-7-12(4-2)8-10-9/h3,7-8,11H,1,4-6H2,2H3. The summed E-state index contributed by atoms with van der Waals surface area (Å²) in [5.74, 6) is 0. The zero-order valence-electron chi connectivity index (χ0n) is 8.68. The van der Waals surface area contributed by atoms with Gasteiger partial charge in [0.05, 0.1) is 6.33 Å². The number of rotatable bonds is 6. The van der Waals surface area contributed by atoms with E-state index in [2.05, 4.69) is 16.3 Å². The van der Waals surface area contributed by atoms with Crippen LogP contribution in [0.4, 0.5) is 0 Å². The molecule has 1 N–H and O–H groups in total. The summed E-state index contributed by atoms with van der Waals surface area (Å²) in [6.45, 7) is 6.49. The van der Waals surface area contributed by atoms with Crippen LogP contribution in [0, 0.1) is 0 Å². The van der Waals surface area contributed by atoms with Gasteiger partial charge in [-0.25, -0.2) is 18.1 Å². The number of aryl methyl sites for hydroxylation is 1. The van der Waals surface area contributed by atoms with Crippen LogP contribution >= 0.6 is 0 Å². The number of aromatic nitrogens is 2. The van der Waals surface area contributed by atoms with Crippen LogP contribution in [-0.4, -0.2) is 24.5 Å². The zero-order chi connectivity index (χ0) is 11.3. The van der Waals surface area contributed by atoms with Crippen molar-refractivity contribution in [3.05, 3.63) is 25.2 Å². The fraction of sp³-hybridized carbons (Fsp3) is 0.444. The van der Waals surface area contributed by atoms with Gasteiger partial charge in [0.25, 0.3) is 10.0 Å². The minimum absolute atomic E-state index is 0.0633. The Hall–Kier alpha value is -1.14. The summed E-state index contributed by atoms with van der Waals surface area (Å²) in [7, 11) is -3.45. The lowest BCUT2D eigenvalue weighted by Gasteiger charge is -2.01. The molecule has 0 aliphatic carbocycles. The summed E-state index contributed by atoms with van der Waals surface area (Å²) in [6.07, 6.45) is 5.28. The van der Waals surface area contributed by atoms with Gasteiger partial charge in [-0.15, -0.1) is 6.58 Å². The molecule has 1 heterocycles. The number of hydrogen-bond donors (Lipinski definition) is 1. The second-order valence-corrected chi connectivity index (χ2v) is 4.73. The van der Waals surface area contributed by atoms with Crippen molar-refractivity contribution in [3.63, 3.8) is 0 Å². The number of imidazole rings is 1. The lowest BCUT2D eigenvalue weighted by atomic mass is 10.4. The molecule has 1 aromatic heterocycles. The van der Waals surface area contributed by atoms with E-state index in [1.807, 2.05) is 6.92 Å². The molecule has 0 radical (unpaired) electrons. The van der Waals surface area contributed by atoms with E-state index in [9.17, 15) is 8.42 Å². The van der Waals surface area contributed by atoms with Gasteiger partial charge in [0.15, 0.2) is 5.03 Å². The van der Waals surface area contributed by atoms with Crippen molar-refractivity contribution >= 4 is 10.0 Å². The van der Waals surface area contributed by atoms with E-state index in [4.69, 9.17) is 0 Å². The molecule has 0 spiro atoms. The predicted octanol–water partition coefficient (Wildman–Crippen LogP) is 0.757. The molecule has 1 aromatic rings. The molecule has 0 fully saturated rings. The third kappa shape index (κ3) is 3.17. The molecule has 0 atom stereocenters. The van der Waals surface area contributed by atoms with Gasteiger partial charge < -0.3 is 4.57 Å². The van der Waals surface area contributed by atoms with Crippen LogP contribution in [0.15, 0.2) is 30.2 Å². The van der Waals surface area contributed by atoms with Crippen LogP contribution in [0.3, 0.4) is 0 Å². The first-order valence-corrected chi connectivity index (χ1v) is 6.21. The Morgan fingerprint density at radius 3 is 2.93 bits per heavy atom. The largest absolute Gasteiger partial charge is 0.336 e. The molecule has 84 valence electrons. The molecule has 0 amide bonds.